The molecule has 8 nitrogen and oxygen atoms in total. The minimum absolute atomic E-state index is 0.0832. The Balaban J connectivity index is 1.58. The first kappa shape index (κ1) is 21.5. The van der Waals surface area contributed by atoms with Crippen LogP contribution >= 0.6 is 11.8 Å². The van der Waals surface area contributed by atoms with Gasteiger partial charge in [-0.15, -0.1) is 10.2 Å². The van der Waals surface area contributed by atoms with E-state index in [1.165, 1.54) is 27.6 Å². The molecule has 3 N–H and O–H groups in total. The lowest BCUT2D eigenvalue weighted by molar-refractivity contribution is -0.118. The summed E-state index contributed by atoms with van der Waals surface area (Å²) in [6, 6.07) is 13.5. The first-order valence-corrected chi connectivity index (χ1v) is 10.4. The molecule has 9 heteroatoms. The van der Waals surface area contributed by atoms with Gasteiger partial charge >= 0.3 is 0 Å². The minimum Gasteiger partial charge on any atom is -0.497 e. The number of hydrogen-bond acceptors (Lipinski definition) is 7. The summed E-state index contributed by atoms with van der Waals surface area (Å²) in [4.78, 5) is 12.2. The van der Waals surface area contributed by atoms with E-state index in [1.54, 1.807) is 32.4 Å². The van der Waals surface area contributed by atoms with Crippen LogP contribution in [0.4, 0.5) is 0 Å². The Morgan fingerprint density at radius 2 is 1.97 bits per heavy atom. The predicted octanol–water partition coefficient (Wildman–Crippen LogP) is 2.44. The molecule has 0 fully saturated rings. The number of ether oxygens (including phenoxy) is 2. The summed E-state index contributed by atoms with van der Waals surface area (Å²) >= 11 is 1.23. The second kappa shape index (κ2) is 10.0. The van der Waals surface area contributed by atoms with Crippen molar-refractivity contribution >= 4 is 17.7 Å². The van der Waals surface area contributed by atoms with Gasteiger partial charge in [0.25, 0.3) is 0 Å². The van der Waals surface area contributed by atoms with Crippen LogP contribution in [0.25, 0.3) is 11.4 Å². The van der Waals surface area contributed by atoms with Crippen LogP contribution in [0.2, 0.25) is 0 Å². The number of nitrogen functional groups attached to an aromatic ring is 1. The van der Waals surface area contributed by atoms with E-state index in [2.05, 4.69) is 34.6 Å². The molecule has 1 amide bonds. The van der Waals surface area contributed by atoms with Gasteiger partial charge in [0, 0.05) is 12.6 Å². The third-order valence-electron chi connectivity index (χ3n) is 4.62. The van der Waals surface area contributed by atoms with Gasteiger partial charge in [-0.2, -0.15) is 0 Å². The highest BCUT2D eigenvalue weighted by Gasteiger charge is 2.17. The number of rotatable bonds is 9. The van der Waals surface area contributed by atoms with Crippen molar-refractivity contribution in [1.82, 2.24) is 20.2 Å². The van der Waals surface area contributed by atoms with E-state index in [0.29, 0.717) is 34.6 Å². The van der Waals surface area contributed by atoms with Crippen molar-refractivity contribution in [2.75, 3.05) is 32.4 Å². The first-order valence-electron chi connectivity index (χ1n) is 9.40. The highest BCUT2D eigenvalue weighted by Crippen LogP contribution is 2.32. The minimum atomic E-state index is -0.0832. The standard InChI is InChI=1S/C21H25N5O3S/c1-14-6-4-5-7-15(14)10-11-23-19(27)13-30-21-25-24-20(26(21)22)17-9-8-16(28-2)12-18(17)29-3/h4-9,12H,10-11,13,22H2,1-3H3,(H,23,27). The Morgan fingerprint density at radius 3 is 2.70 bits per heavy atom. The number of carbonyl (C=O) groups is 1. The topological polar surface area (TPSA) is 104 Å². The summed E-state index contributed by atoms with van der Waals surface area (Å²) < 4.78 is 12.0. The highest BCUT2D eigenvalue weighted by molar-refractivity contribution is 7.99. The number of aryl methyl sites for hydroxylation is 1. The quantitative estimate of drug-likeness (QED) is 0.399. The number of aromatic nitrogens is 3. The van der Waals surface area contributed by atoms with Crippen molar-refractivity contribution in [3.05, 3.63) is 53.6 Å². The first-order chi connectivity index (χ1) is 14.5. The molecular formula is C21H25N5O3S. The zero-order valence-electron chi connectivity index (χ0n) is 17.2. The lowest BCUT2D eigenvalue weighted by atomic mass is 10.1. The van der Waals surface area contributed by atoms with Gasteiger partial charge in [-0.25, -0.2) is 4.68 Å². The maximum absolute atomic E-state index is 12.2. The number of benzene rings is 2. The molecule has 3 rings (SSSR count). The summed E-state index contributed by atoms with van der Waals surface area (Å²) in [5.41, 5.74) is 3.13. The van der Waals surface area contributed by atoms with Crippen molar-refractivity contribution in [2.45, 2.75) is 18.5 Å². The Kier molecular flexibility index (Phi) is 7.18. The molecule has 1 heterocycles. The van der Waals surface area contributed by atoms with Crippen molar-refractivity contribution in [3.8, 4) is 22.9 Å². The molecule has 0 radical (unpaired) electrons. The van der Waals surface area contributed by atoms with Crippen LogP contribution in [0.5, 0.6) is 11.5 Å². The number of carbonyl (C=O) groups excluding carboxylic acids is 1. The molecule has 1 aromatic heterocycles. The molecule has 2 aromatic carbocycles. The van der Waals surface area contributed by atoms with Crippen molar-refractivity contribution in [2.24, 2.45) is 0 Å². The molecule has 0 saturated heterocycles. The van der Waals surface area contributed by atoms with Crippen LogP contribution < -0.4 is 20.6 Å². The monoisotopic (exact) mass is 427 g/mol. The van der Waals surface area contributed by atoms with Crippen LogP contribution in [0.1, 0.15) is 11.1 Å². The Morgan fingerprint density at radius 1 is 1.17 bits per heavy atom. The maximum atomic E-state index is 12.2. The summed E-state index contributed by atoms with van der Waals surface area (Å²) in [7, 11) is 3.15. The molecule has 0 bridgehead atoms. The highest BCUT2D eigenvalue weighted by atomic mass is 32.2. The van der Waals surface area contributed by atoms with E-state index in [-0.39, 0.29) is 11.7 Å². The number of nitrogens with zero attached hydrogens (tertiary/aromatic N) is 3. The van der Waals surface area contributed by atoms with Crippen LogP contribution in [0, 0.1) is 6.92 Å². The van der Waals surface area contributed by atoms with Crippen molar-refractivity contribution < 1.29 is 14.3 Å². The molecule has 0 atom stereocenters. The third kappa shape index (κ3) is 5.04. The largest absolute Gasteiger partial charge is 0.497 e. The van der Waals surface area contributed by atoms with E-state index in [4.69, 9.17) is 15.3 Å². The second-order valence-corrected chi connectivity index (χ2v) is 7.50. The fourth-order valence-corrected chi connectivity index (χ4v) is 3.64. The number of hydrogen-bond donors (Lipinski definition) is 2. The number of nitrogens with two attached hydrogens (primary N) is 1. The van der Waals surface area contributed by atoms with Gasteiger partial charge in [0.05, 0.1) is 25.5 Å². The molecule has 0 unspecified atom stereocenters. The summed E-state index contributed by atoms with van der Waals surface area (Å²) in [6.07, 6.45) is 0.789. The van der Waals surface area contributed by atoms with Gasteiger partial charge in [-0.05, 0) is 36.6 Å². The van der Waals surface area contributed by atoms with Crippen molar-refractivity contribution in [1.29, 1.82) is 0 Å². The van der Waals surface area contributed by atoms with Gasteiger partial charge in [-0.3, -0.25) is 4.79 Å². The van der Waals surface area contributed by atoms with Gasteiger partial charge in [0.1, 0.15) is 11.5 Å². The Hall–Kier alpha value is -3.20. The zero-order chi connectivity index (χ0) is 21.5. The van der Waals surface area contributed by atoms with Gasteiger partial charge in [-0.1, -0.05) is 36.0 Å². The maximum Gasteiger partial charge on any atom is 0.230 e. The summed E-state index contributed by atoms with van der Waals surface area (Å²) in [6.45, 7) is 2.64. The number of thioether (sulfide) groups is 1. The van der Waals surface area contributed by atoms with E-state index in [0.717, 1.165) is 6.42 Å². The van der Waals surface area contributed by atoms with Gasteiger partial charge < -0.3 is 20.6 Å². The molecule has 0 saturated carbocycles. The predicted molar refractivity (Wildman–Crippen MR) is 117 cm³/mol. The Labute approximate surface area is 179 Å². The van der Waals surface area contributed by atoms with E-state index < -0.39 is 0 Å². The van der Waals surface area contributed by atoms with Gasteiger partial charge in [0.2, 0.25) is 11.1 Å². The van der Waals surface area contributed by atoms with E-state index >= 15 is 0 Å². The summed E-state index contributed by atoms with van der Waals surface area (Å²) in [5.74, 6) is 7.95. The fraction of sp³-hybridized carbons (Fsp3) is 0.286. The SMILES string of the molecule is COc1ccc(-c2nnc(SCC(=O)NCCc3ccccc3C)n2N)c(OC)c1. The molecule has 0 aliphatic heterocycles. The van der Waals surface area contributed by atoms with Crippen LogP contribution in [0.3, 0.4) is 0 Å². The molecule has 0 aliphatic rings. The molecule has 158 valence electrons. The second-order valence-electron chi connectivity index (χ2n) is 6.56. The van der Waals surface area contributed by atoms with Crippen LogP contribution in [0.15, 0.2) is 47.6 Å². The normalized spacial score (nSPS) is 10.6. The van der Waals surface area contributed by atoms with Gasteiger partial charge in [0.15, 0.2) is 5.82 Å². The van der Waals surface area contributed by atoms with Crippen molar-refractivity contribution in [3.63, 3.8) is 0 Å². The average Bonchev–Trinajstić information content (AvgIpc) is 3.13. The fourth-order valence-electron chi connectivity index (χ4n) is 2.95. The molecule has 30 heavy (non-hydrogen) atoms. The summed E-state index contributed by atoms with van der Waals surface area (Å²) in [5, 5.41) is 11.6. The molecule has 3 aromatic rings. The molecular weight excluding hydrogens is 402 g/mol. The Bertz CT molecular complexity index is 1020. The van der Waals surface area contributed by atoms with E-state index in [1.807, 2.05) is 12.1 Å². The number of methoxy groups -OCH3 is 2. The smallest absolute Gasteiger partial charge is 0.230 e. The molecule has 0 spiro atoms. The third-order valence-corrected chi connectivity index (χ3v) is 5.57. The number of amides is 1. The lowest BCUT2D eigenvalue weighted by Crippen LogP contribution is -2.27. The van der Waals surface area contributed by atoms with E-state index in [9.17, 15) is 4.79 Å². The lowest BCUT2D eigenvalue weighted by Gasteiger charge is -2.10. The van der Waals surface area contributed by atoms with Crippen LogP contribution in [-0.4, -0.2) is 47.3 Å². The van der Waals surface area contributed by atoms with Crippen LogP contribution in [-0.2, 0) is 11.2 Å². The average molecular weight is 428 g/mol. The molecule has 0 aliphatic carbocycles. The zero-order valence-corrected chi connectivity index (χ0v) is 18.0. The number of nitrogens with one attached hydrogen (secondary N) is 1.